The number of carbonyl (C=O) groups excluding carboxylic acids is 1. The number of halogens is 1. The van der Waals surface area contributed by atoms with Gasteiger partial charge in [0.05, 0.1) is 10.4 Å². The average molecular weight is 372 g/mol. The molecule has 4 rings (SSSR count). The molecule has 6 nitrogen and oxygen atoms in total. The van der Waals surface area contributed by atoms with E-state index < -0.39 is 5.97 Å². The van der Waals surface area contributed by atoms with E-state index >= 15 is 0 Å². The van der Waals surface area contributed by atoms with Crippen molar-refractivity contribution < 1.29 is 9.90 Å². The lowest BCUT2D eigenvalue weighted by Gasteiger charge is -1.96. The number of H-pyrrole nitrogens is 1. The number of benzene rings is 1. The minimum Gasteiger partial charge on any atom is -0.560 e. The molecule has 0 amide bonds. The van der Waals surface area contributed by atoms with Crippen molar-refractivity contribution in [2.75, 3.05) is 0 Å². The number of rotatable bonds is 3. The minimum absolute atomic E-state index is 0.0968. The van der Waals surface area contributed by atoms with E-state index in [0.717, 1.165) is 22.2 Å². The Bertz CT molecular complexity index is 1100. The fourth-order valence-electron chi connectivity index (χ4n) is 2.63. The first kappa shape index (κ1) is 15.7. The summed E-state index contributed by atoms with van der Waals surface area (Å²) in [6.07, 6.45) is 1.57. The van der Waals surface area contributed by atoms with Gasteiger partial charge in [0.25, 0.3) is 0 Å². The SMILES string of the molecule is Cc1cccc2c(-c3nc(C(=O)[OH2+])c(-c4ccc(Cl)nc4)s3)[nH]nc12. The zero-order valence-corrected chi connectivity index (χ0v) is 14.6. The number of thiazole rings is 1. The molecule has 3 N–H and O–H groups in total. The maximum absolute atomic E-state index is 11.7. The smallest absolute Gasteiger partial charge is 0.560 e. The highest BCUT2D eigenvalue weighted by Gasteiger charge is 2.26. The van der Waals surface area contributed by atoms with Crippen LogP contribution in [0, 0.1) is 6.92 Å². The summed E-state index contributed by atoms with van der Waals surface area (Å²) >= 11 is 7.15. The van der Waals surface area contributed by atoms with Crippen molar-refractivity contribution in [3.63, 3.8) is 0 Å². The number of fused-ring (bicyclic) bond motifs is 1. The van der Waals surface area contributed by atoms with Crippen LogP contribution in [0.5, 0.6) is 0 Å². The normalized spacial score (nSPS) is 11.1. The predicted octanol–water partition coefficient (Wildman–Crippen LogP) is 3.58. The van der Waals surface area contributed by atoms with Crippen molar-refractivity contribution in [1.29, 1.82) is 0 Å². The highest BCUT2D eigenvalue weighted by atomic mass is 35.5. The summed E-state index contributed by atoms with van der Waals surface area (Å²) in [5, 5.41) is 16.8. The maximum atomic E-state index is 11.7. The van der Waals surface area contributed by atoms with E-state index in [9.17, 15) is 4.79 Å². The molecular weight excluding hydrogens is 360 g/mol. The Hall–Kier alpha value is -2.77. The zero-order chi connectivity index (χ0) is 17.6. The van der Waals surface area contributed by atoms with Gasteiger partial charge in [-0.2, -0.15) is 5.10 Å². The highest BCUT2D eigenvalue weighted by Crippen LogP contribution is 2.37. The molecule has 3 aromatic heterocycles. The van der Waals surface area contributed by atoms with Crippen molar-refractivity contribution in [3.05, 3.63) is 52.9 Å². The van der Waals surface area contributed by atoms with Crippen molar-refractivity contribution >= 4 is 39.8 Å². The number of carbonyl (C=O) groups is 1. The van der Waals surface area contributed by atoms with Crippen LogP contribution in [-0.2, 0) is 0 Å². The molecule has 25 heavy (non-hydrogen) atoms. The van der Waals surface area contributed by atoms with E-state index in [1.165, 1.54) is 11.3 Å². The predicted molar refractivity (Wildman–Crippen MR) is 98.1 cm³/mol. The van der Waals surface area contributed by atoms with Gasteiger partial charge in [-0.05, 0) is 24.6 Å². The summed E-state index contributed by atoms with van der Waals surface area (Å²) in [5.41, 5.74) is 3.44. The quantitative estimate of drug-likeness (QED) is 0.440. The second kappa shape index (κ2) is 5.94. The fraction of sp³-hybridized carbons (Fsp3) is 0.0588. The second-order valence-electron chi connectivity index (χ2n) is 5.47. The summed E-state index contributed by atoms with van der Waals surface area (Å²) in [5.74, 6) is -0.840. The molecule has 0 saturated carbocycles. The fourth-order valence-corrected chi connectivity index (χ4v) is 3.80. The standard InChI is InChI=1S/C17H11ClN4O2S/c1-8-3-2-4-10-12(8)21-22-13(10)16-20-14(17(23)24)15(25-16)9-5-6-11(18)19-7-9/h2-7H,1H3,(H,21,22)(H,23,24)/p+1. The molecule has 0 fully saturated rings. The minimum atomic E-state index is -0.840. The molecule has 1 aromatic carbocycles. The third kappa shape index (κ3) is 2.67. The van der Waals surface area contributed by atoms with Crippen LogP contribution < -0.4 is 0 Å². The highest BCUT2D eigenvalue weighted by molar-refractivity contribution is 7.18. The first-order valence-corrected chi connectivity index (χ1v) is 8.57. The molecule has 0 aliphatic rings. The molecular formula is C17H12ClN4O2S+. The van der Waals surface area contributed by atoms with Crippen LogP contribution in [0.1, 0.15) is 16.1 Å². The van der Waals surface area contributed by atoms with Gasteiger partial charge in [-0.1, -0.05) is 29.8 Å². The molecule has 0 atom stereocenters. The van der Waals surface area contributed by atoms with Crippen LogP contribution in [0.15, 0.2) is 36.5 Å². The summed E-state index contributed by atoms with van der Waals surface area (Å²) in [7, 11) is 0. The Morgan fingerprint density at radius 2 is 2.12 bits per heavy atom. The van der Waals surface area contributed by atoms with Gasteiger partial charge in [0.1, 0.15) is 15.9 Å². The van der Waals surface area contributed by atoms with E-state index in [1.54, 1.807) is 18.3 Å². The van der Waals surface area contributed by atoms with Crippen LogP contribution in [0.3, 0.4) is 0 Å². The summed E-state index contributed by atoms with van der Waals surface area (Å²) < 4.78 is 0. The number of nitrogens with one attached hydrogen (secondary N) is 1. The molecule has 0 unspecified atom stereocenters. The van der Waals surface area contributed by atoms with Gasteiger partial charge in [-0.3, -0.25) is 5.10 Å². The third-order valence-electron chi connectivity index (χ3n) is 3.83. The molecule has 0 aliphatic heterocycles. The lowest BCUT2D eigenvalue weighted by Crippen LogP contribution is -1.99. The van der Waals surface area contributed by atoms with E-state index in [0.29, 0.717) is 20.6 Å². The maximum Gasteiger partial charge on any atom is 0.569 e. The van der Waals surface area contributed by atoms with Gasteiger partial charge in [0, 0.05) is 21.9 Å². The van der Waals surface area contributed by atoms with Gasteiger partial charge < -0.3 is 5.11 Å². The Morgan fingerprint density at radius 3 is 2.84 bits per heavy atom. The Balaban J connectivity index is 1.91. The molecule has 0 spiro atoms. The molecule has 8 heteroatoms. The largest absolute Gasteiger partial charge is 0.569 e. The molecule has 3 heterocycles. The van der Waals surface area contributed by atoms with Crippen molar-refractivity contribution in [3.8, 4) is 21.1 Å². The van der Waals surface area contributed by atoms with Crippen molar-refractivity contribution in [2.45, 2.75) is 6.92 Å². The number of aromatic amines is 1. The number of para-hydroxylation sites is 1. The lowest BCUT2D eigenvalue weighted by atomic mass is 10.1. The number of nitrogens with zero attached hydrogens (tertiary/aromatic N) is 3. The third-order valence-corrected chi connectivity index (χ3v) is 5.18. The molecule has 0 saturated heterocycles. The van der Waals surface area contributed by atoms with Gasteiger partial charge >= 0.3 is 5.97 Å². The van der Waals surface area contributed by atoms with Gasteiger partial charge in [-0.15, -0.1) is 11.3 Å². The topological polar surface area (TPSA) is 94.4 Å². The lowest BCUT2D eigenvalue weighted by molar-refractivity contribution is 0.0692. The van der Waals surface area contributed by atoms with Crippen LogP contribution in [0.4, 0.5) is 0 Å². The van der Waals surface area contributed by atoms with Crippen molar-refractivity contribution in [1.82, 2.24) is 20.2 Å². The number of pyridine rings is 1. The Morgan fingerprint density at radius 1 is 1.28 bits per heavy atom. The number of hydrogen-bond acceptors (Lipinski definition) is 5. The van der Waals surface area contributed by atoms with Crippen LogP contribution >= 0.6 is 22.9 Å². The van der Waals surface area contributed by atoms with E-state index in [-0.39, 0.29) is 5.69 Å². The molecule has 0 bridgehead atoms. The second-order valence-corrected chi connectivity index (χ2v) is 6.85. The van der Waals surface area contributed by atoms with Gasteiger partial charge in [0.15, 0.2) is 0 Å². The van der Waals surface area contributed by atoms with E-state index in [1.807, 2.05) is 25.1 Å². The number of aromatic nitrogens is 4. The molecule has 124 valence electrons. The molecule has 0 radical (unpaired) electrons. The summed E-state index contributed by atoms with van der Waals surface area (Å²) in [4.78, 5) is 20.8. The van der Waals surface area contributed by atoms with Crippen LogP contribution in [-0.4, -0.2) is 31.2 Å². The number of aryl methyl sites for hydroxylation is 1. The Kier molecular flexibility index (Phi) is 3.74. The average Bonchev–Trinajstić information content (AvgIpc) is 3.20. The van der Waals surface area contributed by atoms with Crippen LogP contribution in [0.2, 0.25) is 5.15 Å². The van der Waals surface area contributed by atoms with Gasteiger partial charge in [-0.25, -0.2) is 9.97 Å². The first-order valence-electron chi connectivity index (χ1n) is 7.37. The summed E-state index contributed by atoms with van der Waals surface area (Å²) in [6, 6.07) is 9.29. The van der Waals surface area contributed by atoms with E-state index in [2.05, 4.69) is 20.2 Å². The molecule has 4 aromatic rings. The van der Waals surface area contributed by atoms with Crippen LogP contribution in [0.25, 0.3) is 32.0 Å². The van der Waals surface area contributed by atoms with E-state index in [4.69, 9.17) is 16.7 Å². The zero-order valence-electron chi connectivity index (χ0n) is 13.0. The summed E-state index contributed by atoms with van der Waals surface area (Å²) in [6.45, 7) is 1.98. The Labute approximate surface area is 151 Å². The van der Waals surface area contributed by atoms with Crippen molar-refractivity contribution in [2.24, 2.45) is 0 Å². The monoisotopic (exact) mass is 371 g/mol. The number of hydrogen-bond donors (Lipinski definition) is 1. The first-order chi connectivity index (χ1) is 12.0. The molecule has 0 aliphatic carbocycles. The van der Waals surface area contributed by atoms with Gasteiger partial charge in [0.2, 0.25) is 5.69 Å².